The van der Waals surface area contributed by atoms with Gasteiger partial charge in [-0.3, -0.25) is 9.59 Å². The molecule has 2 aliphatic rings. The molecule has 2 aromatic rings. The number of likely N-dealkylation sites (tertiary alicyclic amines) is 1. The van der Waals surface area contributed by atoms with Crippen molar-refractivity contribution >= 4 is 17.5 Å². The van der Waals surface area contributed by atoms with Crippen molar-refractivity contribution in [1.29, 1.82) is 0 Å². The summed E-state index contributed by atoms with van der Waals surface area (Å²) in [4.78, 5) is 27.4. The quantitative estimate of drug-likeness (QED) is 0.894. The zero-order chi connectivity index (χ0) is 18.6. The molecule has 0 atom stereocenters. The Morgan fingerprint density at radius 3 is 2.52 bits per heavy atom. The Hall–Kier alpha value is -2.62. The molecule has 0 bridgehead atoms. The lowest BCUT2D eigenvalue weighted by molar-refractivity contribution is -0.115. The molecular weight excluding hydrogens is 336 g/mol. The van der Waals surface area contributed by atoms with E-state index in [1.807, 2.05) is 29.2 Å². The Morgan fingerprint density at radius 2 is 1.67 bits per heavy atom. The predicted octanol–water partition coefficient (Wildman–Crippen LogP) is 3.98. The molecule has 1 N–H and O–H groups in total. The van der Waals surface area contributed by atoms with Crippen molar-refractivity contribution in [2.24, 2.45) is 0 Å². The molecule has 0 aromatic heterocycles. The highest BCUT2D eigenvalue weighted by atomic mass is 16.2. The van der Waals surface area contributed by atoms with Gasteiger partial charge in [-0.05, 0) is 67.3 Å². The van der Waals surface area contributed by atoms with E-state index in [-0.39, 0.29) is 11.8 Å². The molecule has 4 heteroatoms. The zero-order valence-electron chi connectivity index (χ0n) is 15.7. The second-order valence-corrected chi connectivity index (χ2v) is 7.58. The molecule has 1 aliphatic heterocycles. The highest BCUT2D eigenvalue weighted by molar-refractivity contribution is 6.04. The maximum Gasteiger partial charge on any atom is 0.255 e. The first kappa shape index (κ1) is 17.8. The van der Waals surface area contributed by atoms with Crippen LogP contribution in [0.4, 0.5) is 5.69 Å². The highest BCUT2D eigenvalue weighted by Crippen LogP contribution is 2.24. The van der Waals surface area contributed by atoms with Crippen LogP contribution in [0.5, 0.6) is 0 Å². The summed E-state index contributed by atoms with van der Waals surface area (Å²) in [6.45, 7) is 1.60. The zero-order valence-corrected chi connectivity index (χ0v) is 15.7. The summed E-state index contributed by atoms with van der Waals surface area (Å²) >= 11 is 0. The summed E-state index contributed by atoms with van der Waals surface area (Å²) in [5, 5.41) is 2.96. The van der Waals surface area contributed by atoms with Crippen LogP contribution < -0.4 is 5.32 Å². The fraction of sp³-hybridized carbons (Fsp3) is 0.391. The number of carbonyl (C=O) groups excluding carboxylic acids is 2. The SMILES string of the molecule is O=C(Cc1ccc2c(c1)CCC2)Nc1ccccc1C(=O)N1CCCCC1. The standard InChI is InChI=1S/C23H26N2O2/c26-22(16-17-11-12-18-7-6-8-19(18)15-17)24-21-10-3-2-9-20(21)23(27)25-13-4-1-5-14-25/h2-3,9-12,15H,1,4-8,13-14,16H2,(H,24,26). The van der Waals surface area contributed by atoms with Crippen LogP contribution in [0.25, 0.3) is 0 Å². The molecule has 0 spiro atoms. The van der Waals surface area contributed by atoms with Crippen LogP contribution in [0.1, 0.15) is 52.7 Å². The van der Waals surface area contributed by atoms with E-state index in [2.05, 4.69) is 23.5 Å². The summed E-state index contributed by atoms with van der Waals surface area (Å²) in [5.74, 6) is -0.0602. The maximum absolute atomic E-state index is 12.9. The molecule has 2 amide bonds. The van der Waals surface area contributed by atoms with E-state index >= 15 is 0 Å². The van der Waals surface area contributed by atoms with Gasteiger partial charge in [0, 0.05) is 13.1 Å². The summed E-state index contributed by atoms with van der Waals surface area (Å²) in [5.41, 5.74) is 5.02. The van der Waals surface area contributed by atoms with E-state index in [1.165, 1.54) is 24.0 Å². The third kappa shape index (κ3) is 4.05. The van der Waals surface area contributed by atoms with Crippen molar-refractivity contribution in [1.82, 2.24) is 4.90 Å². The Bertz CT molecular complexity index is 853. The van der Waals surface area contributed by atoms with Crippen molar-refractivity contribution in [2.45, 2.75) is 44.9 Å². The average Bonchev–Trinajstić information content (AvgIpc) is 3.16. The monoisotopic (exact) mass is 362 g/mol. The number of hydrogen-bond donors (Lipinski definition) is 1. The molecule has 2 aromatic carbocycles. The van der Waals surface area contributed by atoms with Crippen LogP contribution in [-0.4, -0.2) is 29.8 Å². The second-order valence-electron chi connectivity index (χ2n) is 7.58. The lowest BCUT2D eigenvalue weighted by Crippen LogP contribution is -2.36. The first-order chi connectivity index (χ1) is 13.2. The number of hydrogen-bond acceptors (Lipinski definition) is 2. The largest absolute Gasteiger partial charge is 0.339 e. The molecule has 27 heavy (non-hydrogen) atoms. The summed E-state index contributed by atoms with van der Waals surface area (Å²) in [7, 11) is 0. The first-order valence-corrected chi connectivity index (χ1v) is 9.99. The third-order valence-corrected chi connectivity index (χ3v) is 5.60. The van der Waals surface area contributed by atoms with E-state index in [9.17, 15) is 9.59 Å². The van der Waals surface area contributed by atoms with Gasteiger partial charge in [-0.25, -0.2) is 0 Å². The number of fused-ring (bicyclic) bond motifs is 1. The van der Waals surface area contributed by atoms with Crippen LogP contribution in [-0.2, 0) is 24.1 Å². The summed E-state index contributed by atoms with van der Waals surface area (Å²) < 4.78 is 0. The average molecular weight is 362 g/mol. The van der Waals surface area contributed by atoms with Crippen LogP contribution in [0.15, 0.2) is 42.5 Å². The van der Waals surface area contributed by atoms with Gasteiger partial charge >= 0.3 is 0 Å². The van der Waals surface area contributed by atoms with E-state index in [4.69, 9.17) is 0 Å². The minimum atomic E-state index is -0.0770. The number of nitrogens with one attached hydrogen (secondary N) is 1. The topological polar surface area (TPSA) is 49.4 Å². The molecule has 1 fully saturated rings. The van der Waals surface area contributed by atoms with Gasteiger partial charge in [-0.1, -0.05) is 30.3 Å². The Balaban J connectivity index is 1.46. The number of aryl methyl sites for hydroxylation is 2. The van der Waals surface area contributed by atoms with Crippen LogP contribution >= 0.6 is 0 Å². The Labute approximate surface area is 160 Å². The Morgan fingerprint density at radius 1 is 0.889 bits per heavy atom. The number of carbonyl (C=O) groups is 2. The number of benzene rings is 2. The van der Waals surface area contributed by atoms with Crippen molar-refractivity contribution in [3.8, 4) is 0 Å². The third-order valence-electron chi connectivity index (χ3n) is 5.60. The minimum Gasteiger partial charge on any atom is -0.339 e. The van der Waals surface area contributed by atoms with Gasteiger partial charge in [-0.2, -0.15) is 0 Å². The normalized spacial score (nSPS) is 16.1. The van der Waals surface area contributed by atoms with Gasteiger partial charge in [0.25, 0.3) is 5.91 Å². The van der Waals surface area contributed by atoms with Gasteiger partial charge in [0.1, 0.15) is 0 Å². The minimum absolute atomic E-state index is 0.0168. The van der Waals surface area contributed by atoms with Gasteiger partial charge in [0.15, 0.2) is 0 Å². The van der Waals surface area contributed by atoms with Crippen LogP contribution in [0.3, 0.4) is 0 Å². The van der Waals surface area contributed by atoms with Crippen molar-refractivity contribution < 1.29 is 9.59 Å². The molecule has 140 valence electrons. The van der Waals surface area contributed by atoms with Gasteiger partial charge < -0.3 is 10.2 Å². The Kier molecular flexibility index (Phi) is 5.23. The van der Waals surface area contributed by atoms with Crippen LogP contribution in [0, 0.1) is 0 Å². The van der Waals surface area contributed by atoms with Gasteiger partial charge in [0.2, 0.25) is 5.91 Å². The smallest absolute Gasteiger partial charge is 0.255 e. The van der Waals surface area contributed by atoms with Gasteiger partial charge in [-0.15, -0.1) is 0 Å². The number of nitrogens with zero attached hydrogens (tertiary/aromatic N) is 1. The number of amides is 2. The molecular formula is C23H26N2O2. The molecule has 4 rings (SSSR count). The van der Waals surface area contributed by atoms with E-state index < -0.39 is 0 Å². The van der Waals surface area contributed by atoms with Crippen LogP contribution in [0.2, 0.25) is 0 Å². The molecule has 0 radical (unpaired) electrons. The lowest BCUT2D eigenvalue weighted by Gasteiger charge is -2.27. The lowest BCUT2D eigenvalue weighted by atomic mass is 10.0. The molecule has 0 saturated carbocycles. The fourth-order valence-electron chi connectivity index (χ4n) is 4.16. The first-order valence-electron chi connectivity index (χ1n) is 9.99. The number of rotatable bonds is 4. The number of piperidine rings is 1. The van der Waals surface area contributed by atoms with Crippen molar-refractivity contribution in [3.63, 3.8) is 0 Å². The molecule has 1 aliphatic carbocycles. The number of para-hydroxylation sites is 1. The van der Waals surface area contributed by atoms with Crippen molar-refractivity contribution in [3.05, 3.63) is 64.7 Å². The number of anilines is 1. The van der Waals surface area contributed by atoms with E-state index in [1.54, 1.807) is 0 Å². The van der Waals surface area contributed by atoms with Crippen molar-refractivity contribution in [2.75, 3.05) is 18.4 Å². The predicted molar refractivity (Wildman–Crippen MR) is 107 cm³/mol. The maximum atomic E-state index is 12.9. The molecule has 1 heterocycles. The fourth-order valence-corrected chi connectivity index (χ4v) is 4.16. The van der Waals surface area contributed by atoms with Gasteiger partial charge in [0.05, 0.1) is 17.7 Å². The van der Waals surface area contributed by atoms with E-state index in [0.29, 0.717) is 17.7 Å². The van der Waals surface area contributed by atoms with E-state index in [0.717, 1.165) is 44.3 Å². The molecule has 1 saturated heterocycles. The molecule has 0 unspecified atom stereocenters. The molecule has 4 nitrogen and oxygen atoms in total. The second kappa shape index (κ2) is 7.95. The summed E-state index contributed by atoms with van der Waals surface area (Å²) in [6.07, 6.45) is 7.09. The highest BCUT2D eigenvalue weighted by Gasteiger charge is 2.21. The summed E-state index contributed by atoms with van der Waals surface area (Å²) in [6, 6.07) is 13.7.